The average Bonchev–Trinajstić information content (AvgIpc) is 2.65. The van der Waals surface area contributed by atoms with Crippen molar-refractivity contribution in [1.29, 1.82) is 5.26 Å². The lowest BCUT2D eigenvalue weighted by Crippen LogP contribution is -2.43. The predicted molar refractivity (Wildman–Crippen MR) is 69.8 cm³/mol. The number of anilines is 1. The number of nitrogens with one attached hydrogen (secondary N) is 1. The molecule has 0 aromatic heterocycles. The Labute approximate surface area is 111 Å². The minimum atomic E-state index is -0.896. The van der Waals surface area contributed by atoms with Gasteiger partial charge in [0.05, 0.1) is 29.8 Å². The van der Waals surface area contributed by atoms with Crippen LogP contribution < -0.4 is 5.32 Å². The molecule has 5 heteroatoms. The Kier molecular flexibility index (Phi) is 3.49. The summed E-state index contributed by atoms with van der Waals surface area (Å²) in [6.07, 6.45) is 0. The van der Waals surface area contributed by atoms with Crippen LogP contribution in [0.1, 0.15) is 18.1 Å². The molecule has 0 saturated carbocycles. The molecule has 4 nitrogen and oxygen atoms in total. The van der Waals surface area contributed by atoms with Crippen molar-refractivity contribution >= 4 is 17.3 Å². The van der Waals surface area contributed by atoms with Crippen LogP contribution in [0.5, 0.6) is 0 Å². The topological polar surface area (TPSA) is 65.3 Å². The number of hydrogen-bond acceptors (Lipinski definition) is 4. The van der Waals surface area contributed by atoms with E-state index in [0.717, 1.165) is 11.3 Å². The fraction of sp³-hybridized carbons (Fsp3) is 0.462. The number of ether oxygens (including phenoxy) is 1. The van der Waals surface area contributed by atoms with Gasteiger partial charge in [-0.2, -0.15) is 5.26 Å². The first kappa shape index (κ1) is 13.2. The molecule has 1 aromatic carbocycles. The Bertz CT molecular complexity index is 508. The van der Waals surface area contributed by atoms with Crippen LogP contribution in [0.4, 0.5) is 5.69 Å². The molecule has 1 aliphatic heterocycles. The van der Waals surface area contributed by atoms with E-state index in [4.69, 9.17) is 21.6 Å². The van der Waals surface area contributed by atoms with E-state index in [2.05, 4.69) is 5.32 Å². The number of nitrogens with zero attached hydrogens (tertiary/aromatic N) is 1. The van der Waals surface area contributed by atoms with Crippen LogP contribution in [0, 0.1) is 18.3 Å². The Morgan fingerprint density at radius 2 is 2.33 bits per heavy atom. The zero-order valence-corrected chi connectivity index (χ0v) is 11.1. The van der Waals surface area contributed by atoms with E-state index in [1.807, 2.05) is 13.0 Å². The predicted octanol–water partition coefficient (Wildman–Crippen LogP) is 2.08. The first-order valence-electron chi connectivity index (χ1n) is 5.71. The van der Waals surface area contributed by atoms with Crippen molar-refractivity contribution in [2.45, 2.75) is 25.5 Å². The van der Waals surface area contributed by atoms with Gasteiger partial charge in [-0.1, -0.05) is 11.6 Å². The Morgan fingerprint density at radius 3 is 2.89 bits per heavy atom. The number of benzene rings is 1. The third-order valence-electron chi connectivity index (χ3n) is 3.27. The number of hydrogen-bond donors (Lipinski definition) is 2. The van der Waals surface area contributed by atoms with Gasteiger partial charge in [-0.25, -0.2) is 0 Å². The van der Waals surface area contributed by atoms with Gasteiger partial charge in [-0.05, 0) is 31.5 Å². The molecular formula is C13H15ClN2O2. The van der Waals surface area contributed by atoms with Crippen LogP contribution in [0.15, 0.2) is 12.1 Å². The minimum absolute atomic E-state index is 0.180. The molecule has 96 valence electrons. The molecule has 0 radical (unpaired) electrons. The smallest absolute Gasteiger partial charge is 0.107 e. The van der Waals surface area contributed by atoms with E-state index in [1.165, 1.54) is 0 Å². The van der Waals surface area contributed by atoms with E-state index >= 15 is 0 Å². The van der Waals surface area contributed by atoms with Crippen molar-refractivity contribution in [3.63, 3.8) is 0 Å². The van der Waals surface area contributed by atoms with Gasteiger partial charge in [-0.15, -0.1) is 0 Å². The molecule has 18 heavy (non-hydrogen) atoms. The summed E-state index contributed by atoms with van der Waals surface area (Å²) in [6, 6.07) is 5.33. The molecule has 1 aliphatic rings. The quantitative estimate of drug-likeness (QED) is 0.860. The molecule has 0 aliphatic carbocycles. The fourth-order valence-electron chi connectivity index (χ4n) is 1.98. The Hall–Kier alpha value is -1.28. The van der Waals surface area contributed by atoms with Crippen molar-refractivity contribution in [1.82, 2.24) is 0 Å². The molecule has 1 saturated heterocycles. The van der Waals surface area contributed by atoms with Gasteiger partial charge in [0.15, 0.2) is 0 Å². The summed E-state index contributed by atoms with van der Waals surface area (Å²) in [4.78, 5) is 0. The lowest BCUT2D eigenvalue weighted by molar-refractivity contribution is 0.0389. The van der Waals surface area contributed by atoms with Crippen LogP contribution in [0.3, 0.4) is 0 Å². The van der Waals surface area contributed by atoms with Crippen LogP contribution in [0.25, 0.3) is 0 Å². The second-order valence-corrected chi connectivity index (χ2v) is 5.16. The van der Waals surface area contributed by atoms with E-state index in [9.17, 15) is 5.11 Å². The molecule has 2 atom stereocenters. The summed E-state index contributed by atoms with van der Waals surface area (Å²) in [5.41, 5.74) is 1.18. The van der Waals surface area contributed by atoms with Gasteiger partial charge in [0.2, 0.25) is 0 Å². The van der Waals surface area contributed by atoms with Gasteiger partial charge in [0, 0.05) is 5.69 Å². The summed E-state index contributed by atoms with van der Waals surface area (Å²) < 4.78 is 5.26. The highest BCUT2D eigenvalue weighted by Gasteiger charge is 2.38. The fourth-order valence-corrected chi connectivity index (χ4v) is 2.18. The van der Waals surface area contributed by atoms with Crippen LogP contribution in [-0.4, -0.2) is 30.0 Å². The Balaban J connectivity index is 2.26. The van der Waals surface area contributed by atoms with Crippen molar-refractivity contribution in [2.24, 2.45) is 0 Å². The largest absolute Gasteiger partial charge is 0.386 e. The van der Waals surface area contributed by atoms with E-state index in [0.29, 0.717) is 23.8 Å². The van der Waals surface area contributed by atoms with Crippen LogP contribution in [-0.2, 0) is 4.74 Å². The van der Waals surface area contributed by atoms with Crippen LogP contribution in [0.2, 0.25) is 5.02 Å². The van der Waals surface area contributed by atoms with E-state index in [-0.39, 0.29) is 6.04 Å². The minimum Gasteiger partial charge on any atom is -0.386 e. The maximum absolute atomic E-state index is 10.1. The maximum atomic E-state index is 10.1. The standard InChI is InChI=1S/C13H15ClN2O2/c1-8-10(4-3-9(5-15)12(8)14)16-11-6-18-7-13(11,2)17/h3-4,11,16-17H,6-7H2,1-2H3. The normalized spacial score (nSPS) is 26.9. The third-order valence-corrected chi connectivity index (χ3v) is 3.75. The molecule has 2 rings (SSSR count). The molecular weight excluding hydrogens is 252 g/mol. The number of halogens is 1. The van der Waals surface area contributed by atoms with Gasteiger partial charge in [0.1, 0.15) is 11.7 Å². The Morgan fingerprint density at radius 1 is 1.61 bits per heavy atom. The van der Waals surface area contributed by atoms with Crippen molar-refractivity contribution in [3.8, 4) is 6.07 Å². The van der Waals surface area contributed by atoms with Gasteiger partial charge in [0.25, 0.3) is 0 Å². The lowest BCUT2D eigenvalue weighted by atomic mass is 10.00. The summed E-state index contributed by atoms with van der Waals surface area (Å²) in [6.45, 7) is 4.34. The average molecular weight is 267 g/mol. The SMILES string of the molecule is Cc1c(NC2COCC2(C)O)ccc(C#N)c1Cl. The summed E-state index contributed by atoms with van der Waals surface area (Å²) in [5.74, 6) is 0. The molecule has 1 aromatic rings. The first-order chi connectivity index (χ1) is 8.45. The number of aliphatic hydroxyl groups is 1. The lowest BCUT2D eigenvalue weighted by Gasteiger charge is -2.26. The third kappa shape index (κ3) is 2.30. The van der Waals surface area contributed by atoms with Gasteiger partial charge >= 0.3 is 0 Å². The molecule has 0 bridgehead atoms. The van der Waals surface area contributed by atoms with Crippen molar-refractivity contribution in [3.05, 3.63) is 28.3 Å². The highest BCUT2D eigenvalue weighted by molar-refractivity contribution is 6.32. The van der Waals surface area contributed by atoms with Gasteiger partial charge < -0.3 is 15.2 Å². The molecule has 0 amide bonds. The monoisotopic (exact) mass is 266 g/mol. The van der Waals surface area contributed by atoms with Gasteiger partial charge in [-0.3, -0.25) is 0 Å². The molecule has 1 fully saturated rings. The number of nitriles is 1. The zero-order chi connectivity index (χ0) is 13.3. The molecule has 2 N–H and O–H groups in total. The highest BCUT2D eigenvalue weighted by Crippen LogP contribution is 2.30. The van der Waals surface area contributed by atoms with E-state index in [1.54, 1.807) is 19.1 Å². The van der Waals surface area contributed by atoms with Crippen LogP contribution >= 0.6 is 11.6 Å². The highest BCUT2D eigenvalue weighted by atomic mass is 35.5. The van der Waals surface area contributed by atoms with Crippen molar-refractivity contribution in [2.75, 3.05) is 18.5 Å². The molecule has 1 heterocycles. The van der Waals surface area contributed by atoms with Crippen molar-refractivity contribution < 1.29 is 9.84 Å². The molecule has 2 unspecified atom stereocenters. The second-order valence-electron chi connectivity index (χ2n) is 4.78. The summed E-state index contributed by atoms with van der Waals surface area (Å²) in [7, 11) is 0. The summed E-state index contributed by atoms with van der Waals surface area (Å²) in [5, 5.41) is 22.7. The zero-order valence-electron chi connectivity index (χ0n) is 10.3. The number of rotatable bonds is 2. The second kappa shape index (κ2) is 4.77. The summed E-state index contributed by atoms with van der Waals surface area (Å²) >= 11 is 6.10. The first-order valence-corrected chi connectivity index (χ1v) is 6.09. The van der Waals surface area contributed by atoms with E-state index < -0.39 is 5.60 Å². The molecule has 0 spiro atoms. The maximum Gasteiger partial charge on any atom is 0.107 e.